The van der Waals surface area contributed by atoms with Crippen LogP contribution in [0.1, 0.15) is 5.56 Å². The Hall–Kier alpha value is -0.500. The molecule has 1 nitrogen and oxygen atoms in total. The second-order valence-corrected chi connectivity index (χ2v) is 1.84. The van der Waals surface area contributed by atoms with Gasteiger partial charge in [-0.3, -0.25) is 4.98 Å². The molecule has 2 heteroatoms. The molecule has 0 amide bonds. The van der Waals surface area contributed by atoms with Crippen LogP contribution in [0, 0.1) is 0 Å². The van der Waals surface area contributed by atoms with Gasteiger partial charge >= 0.3 is 0 Å². The summed E-state index contributed by atoms with van der Waals surface area (Å²) in [6.07, 6.45) is 3.57. The molecule has 1 rings (SSSR count). The second kappa shape index (κ2) is 2.72. The van der Waals surface area contributed by atoms with E-state index in [1.54, 1.807) is 6.20 Å². The van der Waals surface area contributed by atoms with Crippen LogP contribution in [0.15, 0.2) is 24.5 Å². The highest BCUT2D eigenvalue weighted by molar-refractivity contribution is 7.79. The molecule has 0 aliphatic heterocycles. The maximum atomic E-state index is 4.07. The van der Waals surface area contributed by atoms with Crippen LogP contribution >= 0.6 is 12.6 Å². The van der Waals surface area contributed by atoms with Crippen LogP contribution in [0.25, 0.3) is 0 Å². The lowest BCUT2D eigenvalue weighted by Gasteiger charge is -1.88. The molecule has 0 atom stereocenters. The minimum absolute atomic E-state index is 0.772. The van der Waals surface area contributed by atoms with Crippen molar-refractivity contribution in [3.05, 3.63) is 30.1 Å². The molecule has 0 saturated heterocycles. The molecule has 42 valence electrons. The molecule has 0 radical (unpaired) electrons. The maximum Gasteiger partial charge on any atom is 0.0308 e. The Balaban J connectivity index is 2.83. The van der Waals surface area contributed by atoms with Gasteiger partial charge in [-0.2, -0.15) is 12.6 Å². The SMILES string of the molecule is SCc1cccnc1. The number of rotatable bonds is 1. The van der Waals surface area contributed by atoms with Crippen LogP contribution in [0.5, 0.6) is 0 Å². The molecule has 0 bridgehead atoms. The first-order valence-electron chi connectivity index (χ1n) is 2.43. The standard InChI is InChI=1S/C6H7NS/c8-5-6-2-1-3-7-4-6/h1-4,8H,5H2. The molecule has 0 spiro atoms. The van der Waals surface area contributed by atoms with E-state index in [0.717, 1.165) is 11.3 Å². The van der Waals surface area contributed by atoms with E-state index >= 15 is 0 Å². The average molecular weight is 125 g/mol. The Labute approximate surface area is 54.2 Å². The molecule has 0 fully saturated rings. The van der Waals surface area contributed by atoms with Crippen LogP contribution in [0.2, 0.25) is 0 Å². The third-order valence-electron chi connectivity index (χ3n) is 0.905. The van der Waals surface area contributed by atoms with Gasteiger partial charge in [0, 0.05) is 18.1 Å². The number of hydrogen-bond acceptors (Lipinski definition) is 2. The first-order chi connectivity index (χ1) is 3.93. The highest BCUT2D eigenvalue weighted by atomic mass is 32.1. The summed E-state index contributed by atoms with van der Waals surface area (Å²) in [5.74, 6) is 0.772. The van der Waals surface area contributed by atoms with Gasteiger partial charge in [-0.05, 0) is 11.6 Å². The number of aromatic nitrogens is 1. The molecule has 0 saturated carbocycles. The van der Waals surface area contributed by atoms with Gasteiger partial charge in [0.2, 0.25) is 0 Å². The van der Waals surface area contributed by atoms with Crippen molar-refractivity contribution in [3.8, 4) is 0 Å². The average Bonchev–Trinajstić information content (AvgIpc) is 1.90. The minimum atomic E-state index is 0.772. The van der Waals surface area contributed by atoms with Crippen molar-refractivity contribution >= 4 is 12.6 Å². The smallest absolute Gasteiger partial charge is 0.0308 e. The number of pyridine rings is 1. The van der Waals surface area contributed by atoms with Crippen molar-refractivity contribution in [3.63, 3.8) is 0 Å². The fourth-order valence-corrected chi connectivity index (χ4v) is 0.679. The fraction of sp³-hybridized carbons (Fsp3) is 0.167. The van der Waals surface area contributed by atoms with E-state index < -0.39 is 0 Å². The summed E-state index contributed by atoms with van der Waals surface area (Å²) in [6, 6.07) is 3.91. The molecule has 0 unspecified atom stereocenters. The lowest BCUT2D eigenvalue weighted by molar-refractivity contribution is 1.26. The molecule has 0 aromatic carbocycles. The van der Waals surface area contributed by atoms with Crippen molar-refractivity contribution in [2.24, 2.45) is 0 Å². The Morgan fingerprint density at radius 2 is 2.50 bits per heavy atom. The van der Waals surface area contributed by atoms with Crippen molar-refractivity contribution in [1.29, 1.82) is 0 Å². The van der Waals surface area contributed by atoms with Crippen LogP contribution < -0.4 is 0 Å². The van der Waals surface area contributed by atoms with Gasteiger partial charge in [0.05, 0.1) is 0 Å². The van der Waals surface area contributed by atoms with Gasteiger partial charge in [0.25, 0.3) is 0 Å². The van der Waals surface area contributed by atoms with E-state index in [-0.39, 0.29) is 0 Å². The topological polar surface area (TPSA) is 12.9 Å². The minimum Gasteiger partial charge on any atom is -0.264 e. The Morgan fingerprint density at radius 3 is 2.88 bits per heavy atom. The Bertz CT molecular complexity index is 150. The molecular formula is C6H7NS. The predicted octanol–water partition coefficient (Wildman–Crippen LogP) is 1.51. The molecular weight excluding hydrogens is 118 g/mol. The number of thiol groups is 1. The zero-order valence-corrected chi connectivity index (χ0v) is 5.31. The highest BCUT2D eigenvalue weighted by Crippen LogP contribution is 1.97. The monoisotopic (exact) mass is 125 g/mol. The highest BCUT2D eigenvalue weighted by Gasteiger charge is 1.81. The third-order valence-corrected chi connectivity index (χ3v) is 1.27. The van der Waals surface area contributed by atoms with Gasteiger partial charge < -0.3 is 0 Å². The molecule has 1 aromatic rings. The van der Waals surface area contributed by atoms with Crippen molar-refractivity contribution < 1.29 is 0 Å². The molecule has 0 N–H and O–H groups in total. The predicted molar refractivity (Wildman–Crippen MR) is 36.9 cm³/mol. The fourth-order valence-electron chi connectivity index (χ4n) is 0.492. The summed E-state index contributed by atoms with van der Waals surface area (Å²) in [5, 5.41) is 0. The quantitative estimate of drug-likeness (QED) is 0.561. The third kappa shape index (κ3) is 1.23. The molecule has 8 heavy (non-hydrogen) atoms. The van der Waals surface area contributed by atoms with Crippen LogP contribution in [-0.2, 0) is 5.75 Å². The number of hydrogen-bond donors (Lipinski definition) is 1. The first kappa shape index (κ1) is 5.63. The molecule has 1 aromatic heterocycles. The summed E-state index contributed by atoms with van der Waals surface area (Å²) in [7, 11) is 0. The molecule has 0 aliphatic carbocycles. The first-order valence-corrected chi connectivity index (χ1v) is 3.06. The van der Waals surface area contributed by atoms with Crippen LogP contribution in [0.3, 0.4) is 0 Å². The van der Waals surface area contributed by atoms with Gasteiger partial charge in [0.1, 0.15) is 0 Å². The van der Waals surface area contributed by atoms with Crippen LogP contribution in [-0.4, -0.2) is 4.98 Å². The van der Waals surface area contributed by atoms with Crippen LogP contribution in [0.4, 0.5) is 0 Å². The van der Waals surface area contributed by atoms with Gasteiger partial charge in [-0.15, -0.1) is 0 Å². The summed E-state index contributed by atoms with van der Waals surface area (Å²) in [4.78, 5) is 3.91. The van der Waals surface area contributed by atoms with E-state index in [9.17, 15) is 0 Å². The van der Waals surface area contributed by atoms with Crippen molar-refractivity contribution in [1.82, 2.24) is 4.98 Å². The van der Waals surface area contributed by atoms with Gasteiger partial charge in [-0.1, -0.05) is 6.07 Å². The lowest BCUT2D eigenvalue weighted by Crippen LogP contribution is -1.75. The van der Waals surface area contributed by atoms with Gasteiger partial charge in [-0.25, -0.2) is 0 Å². The second-order valence-electron chi connectivity index (χ2n) is 1.52. The summed E-state index contributed by atoms with van der Waals surface area (Å²) < 4.78 is 0. The summed E-state index contributed by atoms with van der Waals surface area (Å²) in [5.41, 5.74) is 1.16. The van der Waals surface area contributed by atoms with Gasteiger partial charge in [0.15, 0.2) is 0 Å². The van der Waals surface area contributed by atoms with E-state index in [0.29, 0.717) is 0 Å². The van der Waals surface area contributed by atoms with Crippen molar-refractivity contribution in [2.45, 2.75) is 5.75 Å². The molecule has 0 aliphatic rings. The summed E-state index contributed by atoms with van der Waals surface area (Å²) >= 11 is 4.07. The normalized spacial score (nSPS) is 9.12. The van der Waals surface area contributed by atoms with E-state index in [2.05, 4.69) is 17.6 Å². The summed E-state index contributed by atoms with van der Waals surface area (Å²) in [6.45, 7) is 0. The Kier molecular flexibility index (Phi) is 1.92. The van der Waals surface area contributed by atoms with E-state index in [1.165, 1.54) is 0 Å². The Morgan fingerprint density at radius 1 is 1.62 bits per heavy atom. The largest absolute Gasteiger partial charge is 0.264 e. The van der Waals surface area contributed by atoms with E-state index in [4.69, 9.17) is 0 Å². The van der Waals surface area contributed by atoms with E-state index in [1.807, 2.05) is 18.3 Å². The molecule has 1 heterocycles. The zero-order chi connectivity index (χ0) is 5.82. The lowest BCUT2D eigenvalue weighted by atomic mass is 10.3. The maximum absolute atomic E-state index is 4.07. The zero-order valence-electron chi connectivity index (χ0n) is 4.41. The van der Waals surface area contributed by atoms with Crippen molar-refractivity contribution in [2.75, 3.05) is 0 Å². The number of nitrogens with zero attached hydrogens (tertiary/aromatic N) is 1.